The van der Waals surface area contributed by atoms with E-state index in [0.29, 0.717) is 0 Å². The van der Waals surface area contributed by atoms with Gasteiger partial charge in [0, 0.05) is 0 Å². The van der Waals surface area contributed by atoms with E-state index in [1.54, 1.807) is 6.08 Å². The Kier molecular flexibility index (Phi) is 0.357. The number of hydrogen-bond acceptors (Lipinski definition) is 0. The van der Waals surface area contributed by atoms with Crippen LogP contribution in [0.4, 0.5) is 4.39 Å². The molecule has 0 bridgehead atoms. The van der Waals surface area contributed by atoms with Crippen LogP contribution in [-0.4, -0.2) is 0 Å². The molecule has 26 valence electrons. The summed E-state index contributed by atoms with van der Waals surface area (Å²) in [6.07, 6.45) is 4.50. The standard InChI is InChI=1S/C4H3F/c5-4-2-1-3-4/h1-3H. The van der Waals surface area contributed by atoms with Crippen molar-refractivity contribution in [2.75, 3.05) is 0 Å². The molecule has 0 spiro atoms. The largest absolute Gasteiger partial charge is 0.207 e. The van der Waals surface area contributed by atoms with Gasteiger partial charge in [0.15, 0.2) is 0 Å². The molecule has 0 saturated carbocycles. The van der Waals surface area contributed by atoms with Gasteiger partial charge in [0.25, 0.3) is 0 Å². The third-order valence-corrected chi connectivity index (χ3v) is 0.511. The van der Waals surface area contributed by atoms with Gasteiger partial charge in [-0.1, -0.05) is 6.08 Å². The average Bonchev–Trinajstić information content (AvgIpc) is 1.30. The molecule has 0 aromatic carbocycles. The first-order chi connectivity index (χ1) is 2.39. The monoisotopic (exact) mass is 70.0 g/mol. The van der Waals surface area contributed by atoms with Crippen molar-refractivity contribution in [3.8, 4) is 0 Å². The average molecular weight is 70.1 g/mol. The fraction of sp³-hybridized carbons (Fsp3) is 0. The van der Waals surface area contributed by atoms with Gasteiger partial charge < -0.3 is 0 Å². The topological polar surface area (TPSA) is 0 Å². The highest BCUT2D eigenvalue weighted by Gasteiger charge is 1.88. The zero-order valence-corrected chi connectivity index (χ0v) is 2.61. The summed E-state index contributed by atoms with van der Waals surface area (Å²) in [5.74, 6) is -0.120. The smallest absolute Gasteiger partial charge is 0.123 e. The fourth-order valence-electron chi connectivity index (χ4n) is 0.169. The molecule has 0 fully saturated rings. The van der Waals surface area contributed by atoms with Crippen molar-refractivity contribution in [2.45, 2.75) is 0 Å². The Bertz CT molecular complexity index is 89.8. The van der Waals surface area contributed by atoms with Gasteiger partial charge in [-0.25, -0.2) is 4.39 Å². The Morgan fingerprint density at radius 3 is 2.00 bits per heavy atom. The molecule has 0 amide bonds. The number of allylic oxidation sites excluding steroid dienone is 4. The molecular weight excluding hydrogens is 67.0 g/mol. The third-order valence-electron chi connectivity index (χ3n) is 0.511. The fourth-order valence-corrected chi connectivity index (χ4v) is 0.169. The molecule has 0 radical (unpaired) electrons. The maximum absolute atomic E-state index is 11.3. The maximum atomic E-state index is 11.3. The molecule has 1 aliphatic rings. The van der Waals surface area contributed by atoms with Gasteiger partial charge in [0.05, 0.1) is 0 Å². The minimum Gasteiger partial charge on any atom is -0.207 e. The summed E-state index contributed by atoms with van der Waals surface area (Å²) in [6, 6.07) is 0. The maximum Gasteiger partial charge on any atom is 0.123 e. The van der Waals surface area contributed by atoms with Gasteiger partial charge in [-0.15, -0.1) is 0 Å². The molecular formula is C4H3F. The summed E-state index contributed by atoms with van der Waals surface area (Å²) >= 11 is 0. The van der Waals surface area contributed by atoms with E-state index in [0.717, 1.165) is 0 Å². The van der Waals surface area contributed by atoms with E-state index in [4.69, 9.17) is 0 Å². The second kappa shape index (κ2) is 0.677. The number of halogens is 1. The van der Waals surface area contributed by atoms with Crippen LogP contribution in [0.3, 0.4) is 0 Å². The summed E-state index contributed by atoms with van der Waals surface area (Å²) in [4.78, 5) is 0. The first-order valence-electron chi connectivity index (χ1n) is 1.43. The zero-order valence-electron chi connectivity index (χ0n) is 2.61. The van der Waals surface area contributed by atoms with Crippen molar-refractivity contribution in [1.29, 1.82) is 0 Å². The molecule has 0 atom stereocenters. The molecule has 0 saturated heterocycles. The summed E-state index contributed by atoms with van der Waals surface area (Å²) in [7, 11) is 0. The van der Waals surface area contributed by atoms with Crippen LogP contribution in [0, 0.1) is 0 Å². The van der Waals surface area contributed by atoms with E-state index in [2.05, 4.69) is 0 Å². The minimum absolute atomic E-state index is 0.120. The molecule has 0 aromatic heterocycles. The highest BCUT2D eigenvalue weighted by Crippen LogP contribution is 2.06. The van der Waals surface area contributed by atoms with Gasteiger partial charge in [-0.2, -0.15) is 0 Å². The van der Waals surface area contributed by atoms with E-state index in [1.165, 1.54) is 12.2 Å². The summed E-state index contributed by atoms with van der Waals surface area (Å²) in [5.41, 5.74) is 0. The minimum atomic E-state index is -0.120. The van der Waals surface area contributed by atoms with Crippen LogP contribution in [0.1, 0.15) is 0 Å². The second-order valence-electron chi connectivity index (χ2n) is 0.911. The van der Waals surface area contributed by atoms with Crippen molar-refractivity contribution < 1.29 is 4.39 Å². The van der Waals surface area contributed by atoms with E-state index in [9.17, 15) is 4.39 Å². The van der Waals surface area contributed by atoms with Gasteiger partial charge in [-0.05, 0) is 12.2 Å². The van der Waals surface area contributed by atoms with E-state index >= 15 is 0 Å². The lowest BCUT2D eigenvalue weighted by Crippen LogP contribution is -1.69. The highest BCUT2D eigenvalue weighted by atomic mass is 19.1. The van der Waals surface area contributed by atoms with Crippen LogP contribution >= 0.6 is 0 Å². The summed E-state index contributed by atoms with van der Waals surface area (Å²) < 4.78 is 11.3. The molecule has 0 aromatic rings. The molecule has 0 unspecified atom stereocenters. The first-order valence-corrected chi connectivity index (χ1v) is 1.43. The molecule has 0 N–H and O–H groups in total. The van der Waals surface area contributed by atoms with Crippen molar-refractivity contribution in [3.05, 3.63) is 24.1 Å². The van der Waals surface area contributed by atoms with Gasteiger partial charge in [0.2, 0.25) is 0 Å². The lowest BCUT2D eigenvalue weighted by molar-refractivity contribution is 0.659. The van der Waals surface area contributed by atoms with Crippen LogP contribution in [0.5, 0.6) is 0 Å². The van der Waals surface area contributed by atoms with Crippen LogP contribution in [-0.2, 0) is 0 Å². The van der Waals surface area contributed by atoms with Crippen molar-refractivity contribution in [3.63, 3.8) is 0 Å². The van der Waals surface area contributed by atoms with E-state index < -0.39 is 0 Å². The Morgan fingerprint density at radius 1 is 1.60 bits per heavy atom. The third kappa shape index (κ3) is 0.232. The molecule has 0 heterocycles. The Balaban J connectivity index is 2.60. The van der Waals surface area contributed by atoms with Gasteiger partial charge in [0.1, 0.15) is 5.83 Å². The van der Waals surface area contributed by atoms with Crippen molar-refractivity contribution >= 4 is 0 Å². The molecule has 0 aliphatic heterocycles. The van der Waals surface area contributed by atoms with Crippen LogP contribution in [0.15, 0.2) is 24.1 Å². The summed E-state index contributed by atoms with van der Waals surface area (Å²) in [6.45, 7) is 0. The summed E-state index contributed by atoms with van der Waals surface area (Å²) in [5, 5.41) is 0. The normalized spacial score (nSPS) is 17.4. The predicted octanol–water partition coefficient (Wildman–Crippen LogP) is 1.41. The Labute approximate surface area is 29.6 Å². The number of hydrogen-bond donors (Lipinski definition) is 0. The lowest BCUT2D eigenvalue weighted by atomic mass is 10.3. The quantitative estimate of drug-likeness (QED) is 0.404. The molecule has 5 heavy (non-hydrogen) atoms. The molecule has 0 nitrogen and oxygen atoms in total. The second-order valence-corrected chi connectivity index (χ2v) is 0.911. The van der Waals surface area contributed by atoms with E-state index in [-0.39, 0.29) is 5.83 Å². The Hall–Kier alpha value is -0.590. The van der Waals surface area contributed by atoms with Gasteiger partial charge >= 0.3 is 0 Å². The number of rotatable bonds is 0. The molecule has 1 aliphatic carbocycles. The van der Waals surface area contributed by atoms with Crippen LogP contribution < -0.4 is 0 Å². The van der Waals surface area contributed by atoms with Crippen LogP contribution in [0.25, 0.3) is 0 Å². The molecule has 1 heteroatoms. The van der Waals surface area contributed by atoms with E-state index in [1.807, 2.05) is 0 Å². The predicted molar refractivity (Wildman–Crippen MR) is 18.3 cm³/mol. The lowest BCUT2D eigenvalue weighted by Gasteiger charge is -1.87. The van der Waals surface area contributed by atoms with Gasteiger partial charge in [-0.3, -0.25) is 0 Å². The highest BCUT2D eigenvalue weighted by molar-refractivity contribution is 5.29. The van der Waals surface area contributed by atoms with Crippen molar-refractivity contribution in [2.24, 2.45) is 0 Å². The zero-order chi connectivity index (χ0) is 3.70. The molecule has 1 rings (SSSR count). The first kappa shape index (κ1) is 2.64. The SMILES string of the molecule is FC1=CC=C1. The van der Waals surface area contributed by atoms with Crippen molar-refractivity contribution in [1.82, 2.24) is 0 Å². The Morgan fingerprint density at radius 2 is 2.00 bits per heavy atom. The van der Waals surface area contributed by atoms with Crippen LogP contribution in [0.2, 0.25) is 0 Å².